The molecule has 0 aliphatic heterocycles. The van der Waals surface area contributed by atoms with Gasteiger partial charge in [0.1, 0.15) is 5.82 Å². The van der Waals surface area contributed by atoms with Gasteiger partial charge >= 0.3 is 0 Å². The summed E-state index contributed by atoms with van der Waals surface area (Å²) in [5.41, 5.74) is 3.13. The van der Waals surface area contributed by atoms with E-state index in [1.807, 2.05) is 11.6 Å². The fourth-order valence-corrected chi connectivity index (χ4v) is 2.12. The molecule has 0 unspecified atom stereocenters. The number of H-pyrrole nitrogens is 1. The highest BCUT2D eigenvalue weighted by Crippen LogP contribution is 2.28. The zero-order chi connectivity index (χ0) is 11.3. The third kappa shape index (κ3) is 1.04. The Bertz CT molecular complexity index is 709. The minimum absolute atomic E-state index is 0.258. The van der Waals surface area contributed by atoms with Crippen molar-refractivity contribution in [2.75, 3.05) is 0 Å². The molecular formula is C12H9FN2O. The van der Waals surface area contributed by atoms with Crippen LogP contribution in [0.1, 0.15) is 10.5 Å². The maximum absolute atomic E-state index is 13.1. The Labute approximate surface area is 90.5 Å². The summed E-state index contributed by atoms with van der Waals surface area (Å²) in [5.74, 6) is -0.258. The molecule has 80 valence electrons. The van der Waals surface area contributed by atoms with Gasteiger partial charge in [-0.15, -0.1) is 0 Å². The van der Waals surface area contributed by atoms with Crippen LogP contribution in [-0.4, -0.2) is 15.8 Å². The third-order valence-corrected chi connectivity index (χ3v) is 2.90. The van der Waals surface area contributed by atoms with E-state index >= 15 is 0 Å². The number of carbonyl (C=O) groups excluding carboxylic acids is 1. The van der Waals surface area contributed by atoms with Crippen molar-refractivity contribution in [3.63, 3.8) is 0 Å². The Hall–Kier alpha value is -2.10. The summed E-state index contributed by atoms with van der Waals surface area (Å²) in [6, 6.07) is 6.39. The van der Waals surface area contributed by atoms with E-state index in [0.717, 1.165) is 28.2 Å². The van der Waals surface area contributed by atoms with Crippen molar-refractivity contribution >= 4 is 28.2 Å². The number of benzene rings is 1. The highest BCUT2D eigenvalue weighted by atomic mass is 19.1. The van der Waals surface area contributed by atoms with Crippen LogP contribution < -0.4 is 0 Å². The number of aldehydes is 1. The molecule has 1 aromatic carbocycles. The normalized spacial score (nSPS) is 11.4. The molecule has 0 saturated heterocycles. The monoisotopic (exact) mass is 216 g/mol. The molecular weight excluding hydrogens is 207 g/mol. The molecule has 0 aliphatic carbocycles. The van der Waals surface area contributed by atoms with Gasteiger partial charge in [0.25, 0.3) is 0 Å². The molecule has 3 nitrogen and oxygen atoms in total. The molecule has 0 amide bonds. The Morgan fingerprint density at radius 2 is 2.12 bits per heavy atom. The number of nitrogens with zero attached hydrogens (tertiary/aromatic N) is 1. The predicted molar refractivity (Wildman–Crippen MR) is 60.1 cm³/mol. The number of hydrogen-bond donors (Lipinski definition) is 1. The zero-order valence-electron chi connectivity index (χ0n) is 8.62. The van der Waals surface area contributed by atoms with Crippen LogP contribution in [-0.2, 0) is 7.05 Å². The highest BCUT2D eigenvalue weighted by Gasteiger charge is 2.11. The Morgan fingerprint density at radius 1 is 1.31 bits per heavy atom. The molecule has 4 heteroatoms. The van der Waals surface area contributed by atoms with Gasteiger partial charge in [0, 0.05) is 12.4 Å². The van der Waals surface area contributed by atoms with Gasteiger partial charge in [0.2, 0.25) is 0 Å². The van der Waals surface area contributed by atoms with Gasteiger partial charge in [-0.2, -0.15) is 0 Å². The summed E-state index contributed by atoms with van der Waals surface area (Å²) >= 11 is 0. The number of aromatic nitrogens is 2. The lowest BCUT2D eigenvalue weighted by atomic mass is 10.2. The molecule has 0 atom stereocenters. The SMILES string of the molecule is Cn1c2cc(F)ccc2c2[nH]c(C=O)cc21. The van der Waals surface area contributed by atoms with Gasteiger partial charge in [-0.1, -0.05) is 0 Å². The van der Waals surface area contributed by atoms with E-state index in [9.17, 15) is 9.18 Å². The van der Waals surface area contributed by atoms with Crippen molar-refractivity contribution < 1.29 is 9.18 Å². The molecule has 0 fully saturated rings. The lowest BCUT2D eigenvalue weighted by Crippen LogP contribution is -1.86. The molecule has 1 N–H and O–H groups in total. The lowest BCUT2D eigenvalue weighted by Gasteiger charge is -1.96. The standard InChI is InChI=1S/C12H9FN2O/c1-15-10-4-7(13)2-3-9(10)12-11(15)5-8(6-16)14-12/h2-6,14H,1H3. The summed E-state index contributed by atoms with van der Waals surface area (Å²) in [6.45, 7) is 0. The van der Waals surface area contributed by atoms with E-state index in [1.165, 1.54) is 12.1 Å². The van der Waals surface area contributed by atoms with Crippen molar-refractivity contribution in [1.29, 1.82) is 0 Å². The summed E-state index contributed by atoms with van der Waals surface area (Å²) in [6.07, 6.45) is 0.773. The molecule has 16 heavy (non-hydrogen) atoms. The molecule has 3 rings (SSSR count). The maximum atomic E-state index is 13.1. The van der Waals surface area contributed by atoms with Crippen LogP contribution in [0.5, 0.6) is 0 Å². The molecule has 0 bridgehead atoms. The maximum Gasteiger partial charge on any atom is 0.166 e. The van der Waals surface area contributed by atoms with Crippen molar-refractivity contribution in [3.8, 4) is 0 Å². The summed E-state index contributed by atoms with van der Waals surface area (Å²) in [4.78, 5) is 13.7. The number of nitrogens with one attached hydrogen (secondary N) is 1. The van der Waals surface area contributed by atoms with Crippen LogP contribution in [0.3, 0.4) is 0 Å². The fraction of sp³-hybridized carbons (Fsp3) is 0.0833. The Balaban J connectivity index is 2.52. The van der Waals surface area contributed by atoms with Gasteiger partial charge < -0.3 is 9.55 Å². The van der Waals surface area contributed by atoms with Crippen molar-refractivity contribution in [3.05, 3.63) is 35.8 Å². The lowest BCUT2D eigenvalue weighted by molar-refractivity contribution is 0.112. The summed E-state index contributed by atoms with van der Waals surface area (Å²) in [5, 5.41) is 0.923. The number of aryl methyl sites for hydroxylation is 1. The molecule has 0 spiro atoms. The average Bonchev–Trinajstić information content (AvgIpc) is 2.80. The van der Waals surface area contributed by atoms with Gasteiger partial charge in [0.15, 0.2) is 6.29 Å². The number of hydrogen-bond acceptors (Lipinski definition) is 1. The topological polar surface area (TPSA) is 37.8 Å². The number of carbonyl (C=O) groups is 1. The van der Waals surface area contributed by atoms with Gasteiger partial charge in [-0.05, 0) is 24.3 Å². The van der Waals surface area contributed by atoms with Crippen LogP contribution in [0.4, 0.5) is 4.39 Å². The number of halogens is 1. The summed E-state index contributed by atoms with van der Waals surface area (Å²) < 4.78 is 15.0. The predicted octanol–water partition coefficient (Wildman–Crippen LogP) is 2.61. The second kappa shape index (κ2) is 2.95. The average molecular weight is 216 g/mol. The zero-order valence-corrected chi connectivity index (χ0v) is 8.62. The van der Waals surface area contributed by atoms with E-state index in [1.54, 1.807) is 12.1 Å². The first-order valence-corrected chi connectivity index (χ1v) is 4.92. The van der Waals surface area contributed by atoms with Crippen molar-refractivity contribution in [1.82, 2.24) is 9.55 Å². The van der Waals surface area contributed by atoms with Crippen molar-refractivity contribution in [2.24, 2.45) is 7.05 Å². The van der Waals surface area contributed by atoms with E-state index < -0.39 is 0 Å². The first-order chi connectivity index (χ1) is 7.70. The number of rotatable bonds is 1. The molecule has 2 aromatic heterocycles. The molecule has 2 heterocycles. The summed E-state index contributed by atoms with van der Waals surface area (Å²) in [7, 11) is 1.85. The van der Waals surface area contributed by atoms with Gasteiger partial charge in [-0.3, -0.25) is 4.79 Å². The Kier molecular flexibility index (Phi) is 1.68. The largest absolute Gasteiger partial charge is 0.351 e. The quantitative estimate of drug-likeness (QED) is 0.624. The number of aromatic amines is 1. The molecule has 0 aliphatic rings. The minimum Gasteiger partial charge on any atom is -0.351 e. The third-order valence-electron chi connectivity index (χ3n) is 2.90. The van der Waals surface area contributed by atoms with E-state index in [4.69, 9.17) is 0 Å². The molecule has 0 radical (unpaired) electrons. The van der Waals surface area contributed by atoms with Gasteiger partial charge in [-0.25, -0.2) is 4.39 Å². The smallest absolute Gasteiger partial charge is 0.166 e. The van der Waals surface area contributed by atoms with Crippen LogP contribution >= 0.6 is 0 Å². The van der Waals surface area contributed by atoms with E-state index in [-0.39, 0.29) is 5.82 Å². The van der Waals surface area contributed by atoms with Gasteiger partial charge in [0.05, 0.1) is 22.2 Å². The molecule has 0 saturated carbocycles. The van der Waals surface area contributed by atoms with E-state index in [2.05, 4.69) is 4.98 Å². The second-order valence-corrected chi connectivity index (χ2v) is 3.82. The van der Waals surface area contributed by atoms with Crippen LogP contribution in [0, 0.1) is 5.82 Å². The highest BCUT2D eigenvalue weighted by molar-refractivity contribution is 6.07. The fourth-order valence-electron chi connectivity index (χ4n) is 2.12. The van der Waals surface area contributed by atoms with Crippen molar-refractivity contribution in [2.45, 2.75) is 0 Å². The van der Waals surface area contributed by atoms with Crippen LogP contribution in [0.25, 0.3) is 21.9 Å². The van der Waals surface area contributed by atoms with E-state index in [0.29, 0.717) is 5.69 Å². The van der Waals surface area contributed by atoms with Crippen LogP contribution in [0.2, 0.25) is 0 Å². The minimum atomic E-state index is -0.258. The number of fused-ring (bicyclic) bond motifs is 3. The molecule has 3 aromatic rings. The second-order valence-electron chi connectivity index (χ2n) is 3.82. The first-order valence-electron chi connectivity index (χ1n) is 4.92. The van der Waals surface area contributed by atoms with Crippen LogP contribution in [0.15, 0.2) is 24.3 Å². The Morgan fingerprint density at radius 3 is 2.88 bits per heavy atom. The first kappa shape index (κ1) is 9.15.